The zero-order chi connectivity index (χ0) is 18.1. The van der Waals surface area contributed by atoms with Gasteiger partial charge in [0, 0.05) is 19.7 Å². The van der Waals surface area contributed by atoms with Crippen LogP contribution < -0.4 is 10.6 Å². The summed E-state index contributed by atoms with van der Waals surface area (Å²) in [5, 5.41) is 11.8. The van der Waals surface area contributed by atoms with Crippen molar-refractivity contribution in [2.75, 3.05) is 44.5 Å². The van der Waals surface area contributed by atoms with E-state index in [2.05, 4.69) is 25.7 Å². The lowest BCUT2D eigenvalue weighted by Crippen LogP contribution is -2.28. The Morgan fingerprint density at radius 3 is 2.84 bits per heavy atom. The van der Waals surface area contributed by atoms with E-state index in [9.17, 15) is 4.79 Å². The molecule has 9 nitrogen and oxygen atoms in total. The highest BCUT2D eigenvalue weighted by molar-refractivity contribution is 7.98. The zero-order valence-corrected chi connectivity index (χ0v) is 15.6. The van der Waals surface area contributed by atoms with Crippen LogP contribution >= 0.6 is 11.8 Å². The van der Waals surface area contributed by atoms with E-state index in [1.54, 1.807) is 17.8 Å². The number of carbonyl (C=O) groups is 1. The van der Waals surface area contributed by atoms with Crippen LogP contribution in [0.1, 0.15) is 13.8 Å². The van der Waals surface area contributed by atoms with Crippen LogP contribution in [0.2, 0.25) is 0 Å². The van der Waals surface area contributed by atoms with E-state index >= 15 is 0 Å². The standard InChI is InChI=1S/C15H24N6O3S/c1-4-23-9-7-16-12-11-10-18-21(8-6-17-15(22)24-5-2)13(11)20-14(19-12)25-3/h10H,4-9H2,1-3H3,(H,17,22)(H,16,19,20). The number of ether oxygens (including phenoxy) is 2. The summed E-state index contributed by atoms with van der Waals surface area (Å²) < 4.78 is 11.9. The maximum absolute atomic E-state index is 11.3. The van der Waals surface area contributed by atoms with Crippen LogP contribution in [0.15, 0.2) is 11.4 Å². The molecule has 10 heteroatoms. The minimum Gasteiger partial charge on any atom is -0.450 e. The van der Waals surface area contributed by atoms with Crippen molar-refractivity contribution in [3.63, 3.8) is 0 Å². The summed E-state index contributed by atoms with van der Waals surface area (Å²) in [4.78, 5) is 20.4. The molecule has 2 N–H and O–H groups in total. The molecule has 2 heterocycles. The first-order valence-electron chi connectivity index (χ1n) is 8.19. The summed E-state index contributed by atoms with van der Waals surface area (Å²) >= 11 is 1.46. The molecule has 0 saturated carbocycles. The number of rotatable bonds is 10. The van der Waals surface area contributed by atoms with Crippen molar-refractivity contribution in [3.8, 4) is 0 Å². The first-order chi connectivity index (χ1) is 12.2. The SMILES string of the molecule is CCOCCNc1nc(SC)nc2c1cnn2CCNC(=O)OCC. The zero-order valence-electron chi connectivity index (χ0n) is 14.7. The Morgan fingerprint density at radius 1 is 1.28 bits per heavy atom. The Kier molecular flexibility index (Phi) is 7.74. The van der Waals surface area contributed by atoms with E-state index in [0.717, 1.165) is 16.9 Å². The number of hydrogen-bond acceptors (Lipinski definition) is 8. The van der Waals surface area contributed by atoms with Crippen molar-refractivity contribution in [1.29, 1.82) is 0 Å². The molecule has 0 aliphatic rings. The molecule has 0 spiro atoms. The second kappa shape index (κ2) is 10.0. The summed E-state index contributed by atoms with van der Waals surface area (Å²) in [6, 6.07) is 0. The molecule has 0 saturated heterocycles. The fourth-order valence-corrected chi connectivity index (χ4v) is 2.52. The van der Waals surface area contributed by atoms with Gasteiger partial charge in [-0.2, -0.15) is 5.10 Å². The largest absolute Gasteiger partial charge is 0.450 e. The topological polar surface area (TPSA) is 103 Å². The number of aromatic nitrogens is 4. The van der Waals surface area contributed by atoms with Gasteiger partial charge in [-0.05, 0) is 20.1 Å². The number of hydrogen-bond donors (Lipinski definition) is 2. The number of carbonyl (C=O) groups excluding carboxylic acids is 1. The predicted molar refractivity (Wildman–Crippen MR) is 97.1 cm³/mol. The van der Waals surface area contributed by atoms with Crippen molar-refractivity contribution in [1.82, 2.24) is 25.1 Å². The van der Waals surface area contributed by atoms with Crippen molar-refractivity contribution in [2.24, 2.45) is 0 Å². The molecule has 2 rings (SSSR count). The average molecular weight is 368 g/mol. The van der Waals surface area contributed by atoms with E-state index in [-0.39, 0.29) is 0 Å². The van der Waals surface area contributed by atoms with Gasteiger partial charge in [-0.1, -0.05) is 11.8 Å². The van der Waals surface area contributed by atoms with E-state index in [1.165, 1.54) is 11.8 Å². The molecular formula is C15H24N6O3S. The van der Waals surface area contributed by atoms with Gasteiger partial charge >= 0.3 is 6.09 Å². The van der Waals surface area contributed by atoms with Crippen LogP contribution in [0.5, 0.6) is 0 Å². The molecule has 1 amide bonds. The molecule has 0 atom stereocenters. The third-order valence-electron chi connectivity index (χ3n) is 3.27. The van der Waals surface area contributed by atoms with Crippen LogP contribution in [0.4, 0.5) is 10.6 Å². The van der Waals surface area contributed by atoms with Crippen molar-refractivity contribution >= 4 is 34.7 Å². The highest BCUT2D eigenvalue weighted by Crippen LogP contribution is 2.23. The van der Waals surface area contributed by atoms with Gasteiger partial charge in [-0.3, -0.25) is 0 Å². The molecule has 0 aliphatic carbocycles. The number of fused-ring (bicyclic) bond motifs is 1. The van der Waals surface area contributed by atoms with Crippen molar-refractivity contribution in [3.05, 3.63) is 6.20 Å². The number of anilines is 1. The summed E-state index contributed by atoms with van der Waals surface area (Å²) in [6.07, 6.45) is 3.22. The second-order valence-electron chi connectivity index (χ2n) is 4.93. The second-order valence-corrected chi connectivity index (χ2v) is 5.71. The van der Waals surface area contributed by atoms with Gasteiger partial charge < -0.3 is 20.1 Å². The highest BCUT2D eigenvalue weighted by Gasteiger charge is 2.13. The lowest BCUT2D eigenvalue weighted by molar-refractivity contribution is 0.152. The van der Waals surface area contributed by atoms with Crippen molar-refractivity contribution in [2.45, 2.75) is 25.5 Å². The van der Waals surface area contributed by atoms with Crippen molar-refractivity contribution < 1.29 is 14.3 Å². The molecule has 2 aromatic rings. The quantitative estimate of drug-likeness (QED) is 0.371. The molecule has 0 aliphatic heterocycles. The van der Waals surface area contributed by atoms with Crippen LogP contribution in [-0.2, 0) is 16.0 Å². The third-order valence-corrected chi connectivity index (χ3v) is 3.82. The van der Waals surface area contributed by atoms with Gasteiger partial charge in [0.25, 0.3) is 0 Å². The molecule has 0 bridgehead atoms. The maximum atomic E-state index is 11.3. The van der Waals surface area contributed by atoms with Gasteiger partial charge in [0.05, 0.1) is 31.3 Å². The fraction of sp³-hybridized carbons (Fsp3) is 0.600. The molecule has 0 aromatic carbocycles. The summed E-state index contributed by atoms with van der Waals surface area (Å²) in [7, 11) is 0. The minimum absolute atomic E-state index is 0.345. The number of amides is 1. The molecule has 25 heavy (non-hydrogen) atoms. The fourth-order valence-electron chi connectivity index (χ4n) is 2.16. The van der Waals surface area contributed by atoms with E-state index in [4.69, 9.17) is 9.47 Å². The highest BCUT2D eigenvalue weighted by atomic mass is 32.2. The van der Waals surface area contributed by atoms with Crippen LogP contribution in [-0.4, -0.2) is 65.0 Å². The predicted octanol–water partition coefficient (Wildman–Crippen LogP) is 1.74. The van der Waals surface area contributed by atoms with E-state index < -0.39 is 6.09 Å². The number of alkyl carbamates (subject to hydrolysis) is 1. The van der Waals surface area contributed by atoms with E-state index in [1.807, 2.05) is 13.2 Å². The molecule has 0 unspecified atom stereocenters. The molecular weight excluding hydrogens is 344 g/mol. The Hall–Kier alpha value is -2.07. The third kappa shape index (κ3) is 5.46. The lowest BCUT2D eigenvalue weighted by atomic mass is 10.4. The number of nitrogens with zero attached hydrogens (tertiary/aromatic N) is 4. The Bertz CT molecular complexity index is 693. The monoisotopic (exact) mass is 368 g/mol. The summed E-state index contributed by atoms with van der Waals surface area (Å²) in [6.45, 7) is 6.91. The lowest BCUT2D eigenvalue weighted by Gasteiger charge is -2.09. The number of nitrogens with one attached hydrogen (secondary N) is 2. The normalized spacial score (nSPS) is 10.8. The number of thioether (sulfide) groups is 1. The summed E-state index contributed by atoms with van der Waals surface area (Å²) in [5.74, 6) is 0.735. The first-order valence-corrected chi connectivity index (χ1v) is 9.41. The van der Waals surface area contributed by atoms with Gasteiger partial charge in [-0.15, -0.1) is 0 Å². The molecule has 2 aromatic heterocycles. The van der Waals surface area contributed by atoms with Gasteiger partial charge in [0.1, 0.15) is 5.82 Å². The minimum atomic E-state index is -0.434. The first kappa shape index (κ1) is 19.3. The Balaban J connectivity index is 2.10. The van der Waals surface area contributed by atoms with Crippen LogP contribution in [0, 0.1) is 0 Å². The molecule has 0 fully saturated rings. The van der Waals surface area contributed by atoms with Crippen LogP contribution in [0.25, 0.3) is 11.0 Å². The van der Waals surface area contributed by atoms with Crippen LogP contribution in [0.3, 0.4) is 0 Å². The Labute approximate surface area is 150 Å². The van der Waals surface area contributed by atoms with Gasteiger partial charge in [0.15, 0.2) is 10.8 Å². The maximum Gasteiger partial charge on any atom is 0.407 e. The summed E-state index contributed by atoms with van der Waals surface area (Å²) in [5.41, 5.74) is 0.726. The molecule has 0 radical (unpaired) electrons. The van der Waals surface area contributed by atoms with Gasteiger partial charge in [-0.25, -0.2) is 19.4 Å². The Morgan fingerprint density at radius 2 is 2.12 bits per heavy atom. The smallest absolute Gasteiger partial charge is 0.407 e. The van der Waals surface area contributed by atoms with E-state index in [0.29, 0.717) is 44.6 Å². The van der Waals surface area contributed by atoms with Gasteiger partial charge in [0.2, 0.25) is 0 Å². The molecule has 138 valence electrons. The average Bonchev–Trinajstić information content (AvgIpc) is 3.02.